The van der Waals surface area contributed by atoms with E-state index in [0.29, 0.717) is 0 Å². The molecule has 0 aliphatic carbocycles. The van der Waals surface area contributed by atoms with Crippen molar-refractivity contribution in [2.45, 2.75) is 6.42 Å². The molecule has 0 atom stereocenters. The molecule has 0 aromatic heterocycles. The fourth-order valence-corrected chi connectivity index (χ4v) is 0.595. The number of nitriles is 1. The van der Waals surface area contributed by atoms with Crippen molar-refractivity contribution in [2.75, 3.05) is 6.54 Å². The van der Waals surface area contributed by atoms with Gasteiger partial charge >= 0.3 is 0 Å². The Hall–Kier alpha value is 0.0900. The second kappa shape index (κ2) is 4.92. The second-order valence-corrected chi connectivity index (χ2v) is 2.90. The highest BCUT2D eigenvalue weighted by Gasteiger charge is 2.08. The third-order valence-corrected chi connectivity index (χ3v) is 1.77. The summed E-state index contributed by atoms with van der Waals surface area (Å²) in [5.41, 5.74) is 0. The first-order valence-electron chi connectivity index (χ1n) is 2.16. The number of rotatable bonds is 3. The molecule has 0 heterocycles. The molecular weight excluding hydrogens is 162 g/mol. The molecule has 0 aliphatic rings. The van der Waals surface area contributed by atoms with Crippen molar-refractivity contribution in [2.24, 2.45) is 0 Å². The average Bonchev–Trinajstić information content (AvgIpc) is 1.82. The molecule has 0 aromatic carbocycles. The Labute approximate surface area is 59.4 Å². The standard InChI is InChI=1S/C3H6ClN2O2P/c4-6(9(7)8)3-1-2-5/h7-8H,1,3H2. The predicted octanol–water partition coefficient (Wildman–Crippen LogP) is 0.567. The fraction of sp³-hybridized carbons (Fsp3) is 0.667. The number of halogens is 1. The van der Waals surface area contributed by atoms with E-state index in [4.69, 9.17) is 26.8 Å². The van der Waals surface area contributed by atoms with E-state index in [-0.39, 0.29) is 13.0 Å². The van der Waals surface area contributed by atoms with Crippen LogP contribution in [-0.2, 0) is 0 Å². The summed E-state index contributed by atoms with van der Waals surface area (Å²) in [6, 6.07) is 1.82. The van der Waals surface area contributed by atoms with Gasteiger partial charge in [0.15, 0.2) is 0 Å². The summed E-state index contributed by atoms with van der Waals surface area (Å²) in [6.45, 7) is 0.177. The molecule has 0 aromatic rings. The normalized spacial score (nSPS) is 10.2. The van der Waals surface area contributed by atoms with Crippen molar-refractivity contribution >= 4 is 20.3 Å². The molecule has 0 unspecified atom stereocenters. The van der Waals surface area contributed by atoms with Crippen molar-refractivity contribution in [3.8, 4) is 6.07 Å². The molecular formula is C3H6ClN2O2P. The summed E-state index contributed by atoms with van der Waals surface area (Å²) >= 11 is 5.21. The zero-order valence-electron chi connectivity index (χ0n) is 4.53. The molecule has 0 saturated heterocycles. The number of hydrogen-bond acceptors (Lipinski definition) is 4. The maximum atomic E-state index is 8.35. The lowest BCUT2D eigenvalue weighted by molar-refractivity contribution is 0.425. The van der Waals surface area contributed by atoms with Crippen molar-refractivity contribution in [1.82, 2.24) is 4.19 Å². The Morgan fingerprint density at radius 3 is 2.56 bits per heavy atom. The highest BCUT2D eigenvalue weighted by atomic mass is 35.5. The zero-order chi connectivity index (χ0) is 7.28. The zero-order valence-corrected chi connectivity index (χ0v) is 6.18. The fourth-order valence-electron chi connectivity index (χ4n) is 0.232. The van der Waals surface area contributed by atoms with Crippen LogP contribution in [0.1, 0.15) is 6.42 Å². The van der Waals surface area contributed by atoms with Gasteiger partial charge in [-0.1, -0.05) is 0 Å². The minimum Gasteiger partial charge on any atom is -0.337 e. The van der Waals surface area contributed by atoms with Crippen LogP contribution in [0, 0.1) is 11.3 Å². The first-order chi connectivity index (χ1) is 4.18. The van der Waals surface area contributed by atoms with Gasteiger partial charge in [0, 0.05) is 13.0 Å². The van der Waals surface area contributed by atoms with E-state index in [1.807, 2.05) is 6.07 Å². The van der Waals surface area contributed by atoms with Gasteiger partial charge in [-0.3, -0.25) is 0 Å². The van der Waals surface area contributed by atoms with E-state index in [0.717, 1.165) is 4.19 Å². The van der Waals surface area contributed by atoms with Crippen LogP contribution in [0.3, 0.4) is 0 Å². The molecule has 6 heteroatoms. The minimum atomic E-state index is -2.23. The Kier molecular flexibility index (Phi) is 4.97. The summed E-state index contributed by atoms with van der Waals surface area (Å²) in [5.74, 6) is 0. The molecule has 52 valence electrons. The van der Waals surface area contributed by atoms with Gasteiger partial charge in [-0.25, -0.2) is 0 Å². The molecule has 0 aliphatic heterocycles. The van der Waals surface area contributed by atoms with Crippen LogP contribution in [0.25, 0.3) is 0 Å². The lowest BCUT2D eigenvalue weighted by Crippen LogP contribution is -2.05. The van der Waals surface area contributed by atoms with Crippen molar-refractivity contribution in [3.63, 3.8) is 0 Å². The molecule has 0 amide bonds. The molecule has 4 nitrogen and oxygen atoms in total. The monoisotopic (exact) mass is 168 g/mol. The summed E-state index contributed by atoms with van der Waals surface area (Å²) in [7, 11) is -2.23. The van der Waals surface area contributed by atoms with Crippen LogP contribution in [0.2, 0.25) is 0 Å². The van der Waals surface area contributed by atoms with E-state index in [9.17, 15) is 0 Å². The van der Waals surface area contributed by atoms with Crippen LogP contribution in [0.15, 0.2) is 0 Å². The maximum Gasteiger partial charge on any atom is 0.268 e. The Balaban J connectivity index is 3.29. The average molecular weight is 169 g/mol. The summed E-state index contributed by atoms with van der Waals surface area (Å²) in [4.78, 5) is 16.7. The van der Waals surface area contributed by atoms with Crippen molar-refractivity contribution in [1.29, 1.82) is 5.26 Å². The predicted molar refractivity (Wildman–Crippen MR) is 34.1 cm³/mol. The summed E-state index contributed by atoms with van der Waals surface area (Å²) in [5, 5.41) is 8.01. The molecule has 9 heavy (non-hydrogen) atoms. The number of hydrogen-bond donors (Lipinski definition) is 2. The van der Waals surface area contributed by atoms with Crippen LogP contribution < -0.4 is 0 Å². The second-order valence-electron chi connectivity index (χ2n) is 1.24. The molecule has 2 N–H and O–H groups in total. The summed E-state index contributed by atoms with van der Waals surface area (Å²) < 4.78 is 0.804. The largest absolute Gasteiger partial charge is 0.337 e. The van der Waals surface area contributed by atoms with Crippen molar-refractivity contribution < 1.29 is 9.79 Å². The smallest absolute Gasteiger partial charge is 0.268 e. The van der Waals surface area contributed by atoms with Gasteiger partial charge < -0.3 is 9.79 Å². The highest BCUT2D eigenvalue weighted by molar-refractivity contribution is 7.43. The number of nitrogens with zero attached hydrogens (tertiary/aromatic N) is 2. The SMILES string of the molecule is N#CCCN(Cl)P(O)O. The van der Waals surface area contributed by atoms with Gasteiger partial charge in [0.25, 0.3) is 8.53 Å². The third kappa shape index (κ3) is 4.58. The highest BCUT2D eigenvalue weighted by Crippen LogP contribution is 2.31. The minimum absolute atomic E-state index is 0.177. The van der Waals surface area contributed by atoms with E-state index < -0.39 is 8.53 Å². The first-order valence-corrected chi connectivity index (χ1v) is 3.70. The van der Waals surface area contributed by atoms with Gasteiger partial charge in [0.05, 0.1) is 6.07 Å². The third-order valence-electron chi connectivity index (χ3n) is 0.602. The van der Waals surface area contributed by atoms with E-state index in [1.165, 1.54) is 0 Å². The van der Waals surface area contributed by atoms with Gasteiger partial charge in [-0.15, -0.1) is 4.19 Å². The van der Waals surface area contributed by atoms with Crippen LogP contribution in [-0.4, -0.2) is 20.5 Å². The lowest BCUT2D eigenvalue weighted by Gasteiger charge is -2.10. The van der Waals surface area contributed by atoms with Crippen LogP contribution >= 0.6 is 20.3 Å². The Morgan fingerprint density at radius 1 is 1.67 bits per heavy atom. The summed E-state index contributed by atoms with van der Waals surface area (Å²) in [6.07, 6.45) is 0.198. The molecule has 0 fully saturated rings. The van der Waals surface area contributed by atoms with Gasteiger partial charge in [0.2, 0.25) is 0 Å². The molecule has 0 rings (SSSR count). The lowest BCUT2D eigenvalue weighted by atomic mass is 10.5. The molecule has 0 saturated carbocycles. The van der Waals surface area contributed by atoms with E-state index in [1.54, 1.807) is 0 Å². The van der Waals surface area contributed by atoms with E-state index in [2.05, 4.69) is 0 Å². The first kappa shape index (κ1) is 9.09. The maximum absolute atomic E-state index is 8.35. The van der Waals surface area contributed by atoms with Gasteiger partial charge in [-0.05, 0) is 11.8 Å². The van der Waals surface area contributed by atoms with Gasteiger partial charge in [0.1, 0.15) is 0 Å². The van der Waals surface area contributed by atoms with Crippen LogP contribution in [0.5, 0.6) is 0 Å². The quantitative estimate of drug-likeness (QED) is 0.478. The molecule has 0 spiro atoms. The van der Waals surface area contributed by atoms with E-state index >= 15 is 0 Å². The molecule has 0 bridgehead atoms. The Morgan fingerprint density at radius 2 is 2.22 bits per heavy atom. The van der Waals surface area contributed by atoms with Gasteiger partial charge in [-0.2, -0.15) is 5.26 Å². The molecule has 0 radical (unpaired) electrons. The van der Waals surface area contributed by atoms with Crippen LogP contribution in [0.4, 0.5) is 0 Å². The topological polar surface area (TPSA) is 67.5 Å². The Bertz CT molecular complexity index is 115. The van der Waals surface area contributed by atoms with Crippen molar-refractivity contribution in [3.05, 3.63) is 0 Å².